The molecule has 0 unspecified atom stereocenters. The Hall–Kier alpha value is -3.02. The molecule has 2 aromatic carbocycles. The van der Waals surface area contributed by atoms with Crippen LogP contribution in [-0.4, -0.2) is 32.2 Å². The molecule has 0 radical (unpaired) electrons. The van der Waals surface area contributed by atoms with Crippen LogP contribution in [0.3, 0.4) is 0 Å². The number of benzene rings is 2. The van der Waals surface area contributed by atoms with Crippen molar-refractivity contribution >= 4 is 17.6 Å². The molecule has 1 N–H and O–H groups in total. The lowest BCUT2D eigenvalue weighted by molar-refractivity contribution is -0.147. The van der Waals surface area contributed by atoms with E-state index in [0.29, 0.717) is 18.8 Å². The number of carbonyl (C=O) groups excluding carboxylic acids is 2. The van der Waals surface area contributed by atoms with Crippen LogP contribution in [0.25, 0.3) is 0 Å². The summed E-state index contributed by atoms with van der Waals surface area (Å²) in [6.45, 7) is 6.16. The Balaban J connectivity index is 1.70. The number of hydrogen-bond acceptors (Lipinski definition) is 5. The molecule has 0 saturated carbocycles. The Morgan fingerprint density at radius 3 is 2.38 bits per heavy atom. The first-order valence-electron chi connectivity index (χ1n) is 9.72. The molecule has 0 aromatic heterocycles. The zero-order valence-electron chi connectivity index (χ0n) is 17.5. The Labute approximate surface area is 172 Å². The zero-order chi connectivity index (χ0) is 21.2. The van der Waals surface area contributed by atoms with Crippen LogP contribution < -0.4 is 14.8 Å². The quantitative estimate of drug-likeness (QED) is 0.471. The number of hydrogen-bond donors (Lipinski definition) is 1. The van der Waals surface area contributed by atoms with E-state index in [-0.39, 0.29) is 24.9 Å². The lowest BCUT2D eigenvalue weighted by Crippen LogP contribution is -2.22. The molecule has 1 amide bonds. The molecule has 0 heterocycles. The van der Waals surface area contributed by atoms with Gasteiger partial charge in [0.15, 0.2) is 6.61 Å². The van der Waals surface area contributed by atoms with Crippen LogP contribution in [-0.2, 0) is 14.3 Å². The molecule has 2 rings (SSSR count). The van der Waals surface area contributed by atoms with Crippen LogP contribution >= 0.6 is 0 Å². The normalized spacial score (nSPS) is 10.5. The van der Waals surface area contributed by atoms with Crippen LogP contribution in [0, 0.1) is 6.92 Å². The predicted octanol–water partition coefficient (Wildman–Crippen LogP) is 4.47. The monoisotopic (exact) mass is 399 g/mol. The first-order valence-corrected chi connectivity index (χ1v) is 9.72. The summed E-state index contributed by atoms with van der Waals surface area (Å²) in [6.07, 6.45) is 0.687. The molecule has 0 fully saturated rings. The van der Waals surface area contributed by atoms with Gasteiger partial charge in [0, 0.05) is 12.1 Å². The van der Waals surface area contributed by atoms with Crippen molar-refractivity contribution in [1.82, 2.24) is 0 Å². The fraction of sp³-hybridized carbons (Fsp3) is 0.391. The number of aryl methyl sites for hydroxylation is 1. The Morgan fingerprint density at radius 1 is 1.03 bits per heavy atom. The molecule has 156 valence electrons. The summed E-state index contributed by atoms with van der Waals surface area (Å²) in [5, 5.41) is 2.86. The van der Waals surface area contributed by atoms with E-state index in [2.05, 4.69) is 19.2 Å². The van der Waals surface area contributed by atoms with E-state index in [1.54, 1.807) is 31.4 Å². The van der Waals surface area contributed by atoms with E-state index in [4.69, 9.17) is 14.2 Å². The Kier molecular flexibility index (Phi) is 8.52. The van der Waals surface area contributed by atoms with E-state index in [0.717, 1.165) is 22.6 Å². The molecule has 29 heavy (non-hydrogen) atoms. The molecule has 0 saturated heterocycles. The minimum Gasteiger partial charge on any atom is -0.497 e. The number of rotatable bonds is 10. The first kappa shape index (κ1) is 22.3. The molecule has 0 aliphatic rings. The van der Waals surface area contributed by atoms with E-state index in [1.807, 2.05) is 25.1 Å². The van der Waals surface area contributed by atoms with E-state index >= 15 is 0 Å². The van der Waals surface area contributed by atoms with E-state index in [1.165, 1.54) is 0 Å². The lowest BCUT2D eigenvalue weighted by atomic mass is 9.98. The third kappa shape index (κ3) is 7.14. The standard InChI is InChI=1S/C23H29NO5/c1-16(2)20-8-5-7-17(3)23(20)24-21(25)15-29-22(26)9-6-14-28-19-12-10-18(27-4)11-13-19/h5,7-8,10-13,16H,6,9,14-15H2,1-4H3,(H,24,25). The van der Waals surface area contributed by atoms with Gasteiger partial charge in [-0.2, -0.15) is 0 Å². The van der Waals surface area contributed by atoms with Gasteiger partial charge >= 0.3 is 5.97 Å². The Bertz CT molecular complexity index is 815. The fourth-order valence-electron chi connectivity index (χ4n) is 2.81. The highest BCUT2D eigenvalue weighted by molar-refractivity contribution is 5.94. The SMILES string of the molecule is COc1ccc(OCCCC(=O)OCC(=O)Nc2c(C)cccc2C(C)C)cc1. The van der Waals surface area contributed by atoms with Crippen molar-refractivity contribution in [3.63, 3.8) is 0 Å². The molecule has 0 spiro atoms. The summed E-state index contributed by atoms with van der Waals surface area (Å²) in [5.74, 6) is 0.970. The van der Waals surface area contributed by atoms with Gasteiger partial charge in [0.05, 0.1) is 13.7 Å². The van der Waals surface area contributed by atoms with Crippen LogP contribution in [0.4, 0.5) is 5.69 Å². The van der Waals surface area contributed by atoms with Gasteiger partial charge in [-0.25, -0.2) is 0 Å². The van der Waals surface area contributed by atoms with Crippen LogP contribution in [0.5, 0.6) is 11.5 Å². The fourth-order valence-corrected chi connectivity index (χ4v) is 2.81. The maximum absolute atomic E-state index is 12.2. The molecule has 0 aliphatic heterocycles. The van der Waals surface area contributed by atoms with Crippen molar-refractivity contribution in [2.45, 2.75) is 39.5 Å². The molecule has 6 heteroatoms. The van der Waals surface area contributed by atoms with Crippen molar-refractivity contribution in [2.24, 2.45) is 0 Å². The molecular formula is C23H29NO5. The number of esters is 1. The average molecular weight is 399 g/mol. The van der Waals surface area contributed by atoms with Gasteiger partial charge in [-0.3, -0.25) is 9.59 Å². The minimum absolute atomic E-state index is 0.186. The third-order valence-electron chi connectivity index (χ3n) is 4.41. The summed E-state index contributed by atoms with van der Waals surface area (Å²) >= 11 is 0. The molecule has 0 aliphatic carbocycles. The summed E-state index contributed by atoms with van der Waals surface area (Å²) in [6, 6.07) is 13.1. The van der Waals surface area contributed by atoms with Crippen molar-refractivity contribution < 1.29 is 23.8 Å². The largest absolute Gasteiger partial charge is 0.497 e. The van der Waals surface area contributed by atoms with Crippen molar-refractivity contribution in [1.29, 1.82) is 0 Å². The van der Waals surface area contributed by atoms with Gasteiger partial charge in [-0.05, 0) is 54.7 Å². The van der Waals surface area contributed by atoms with Gasteiger partial charge in [-0.1, -0.05) is 32.0 Å². The van der Waals surface area contributed by atoms with Crippen LogP contribution in [0.2, 0.25) is 0 Å². The highest BCUT2D eigenvalue weighted by Gasteiger charge is 2.13. The maximum atomic E-state index is 12.2. The molecule has 2 aromatic rings. The first-order chi connectivity index (χ1) is 13.9. The van der Waals surface area contributed by atoms with Crippen molar-refractivity contribution in [3.05, 3.63) is 53.6 Å². The minimum atomic E-state index is -0.424. The van der Waals surface area contributed by atoms with E-state index < -0.39 is 5.97 Å². The van der Waals surface area contributed by atoms with Crippen molar-refractivity contribution in [2.75, 3.05) is 25.6 Å². The number of nitrogens with one attached hydrogen (secondary N) is 1. The molecule has 6 nitrogen and oxygen atoms in total. The van der Waals surface area contributed by atoms with Gasteiger partial charge in [0.1, 0.15) is 11.5 Å². The van der Waals surface area contributed by atoms with Crippen LogP contribution in [0.1, 0.15) is 43.7 Å². The zero-order valence-corrected chi connectivity index (χ0v) is 17.5. The van der Waals surface area contributed by atoms with Gasteiger partial charge in [0.2, 0.25) is 0 Å². The highest BCUT2D eigenvalue weighted by Crippen LogP contribution is 2.27. The Morgan fingerprint density at radius 2 is 1.72 bits per heavy atom. The number of methoxy groups -OCH3 is 1. The summed E-state index contributed by atoms with van der Waals surface area (Å²) in [4.78, 5) is 24.1. The summed E-state index contributed by atoms with van der Waals surface area (Å²) < 4.78 is 15.7. The second kappa shape index (κ2) is 11.1. The van der Waals surface area contributed by atoms with Gasteiger partial charge in [0.25, 0.3) is 5.91 Å². The number of anilines is 1. The number of para-hydroxylation sites is 1. The summed E-state index contributed by atoms with van der Waals surface area (Å²) in [5.41, 5.74) is 2.82. The van der Waals surface area contributed by atoms with Gasteiger partial charge in [-0.15, -0.1) is 0 Å². The second-order valence-electron chi connectivity index (χ2n) is 7.03. The average Bonchev–Trinajstić information content (AvgIpc) is 2.71. The maximum Gasteiger partial charge on any atom is 0.306 e. The predicted molar refractivity (Wildman–Crippen MR) is 113 cm³/mol. The van der Waals surface area contributed by atoms with Crippen molar-refractivity contribution in [3.8, 4) is 11.5 Å². The van der Waals surface area contributed by atoms with Crippen LogP contribution in [0.15, 0.2) is 42.5 Å². The van der Waals surface area contributed by atoms with Gasteiger partial charge < -0.3 is 19.5 Å². The molecule has 0 bridgehead atoms. The summed E-state index contributed by atoms with van der Waals surface area (Å²) in [7, 11) is 1.60. The number of ether oxygens (including phenoxy) is 3. The number of amides is 1. The highest BCUT2D eigenvalue weighted by atomic mass is 16.5. The molecule has 0 atom stereocenters. The molecular weight excluding hydrogens is 370 g/mol. The number of carbonyl (C=O) groups is 2. The topological polar surface area (TPSA) is 73.9 Å². The third-order valence-corrected chi connectivity index (χ3v) is 4.41. The second-order valence-corrected chi connectivity index (χ2v) is 7.03. The lowest BCUT2D eigenvalue weighted by Gasteiger charge is -2.16. The smallest absolute Gasteiger partial charge is 0.306 e. The van der Waals surface area contributed by atoms with E-state index in [9.17, 15) is 9.59 Å².